The number of allylic oxidation sites excluding steroid dienone is 1. The molecular weight excluding hydrogens is 162 g/mol. The molecule has 1 aliphatic heterocycles. The highest BCUT2D eigenvalue weighted by molar-refractivity contribution is 6.02. The molecule has 0 radical (unpaired) electrons. The fourth-order valence-corrected chi connectivity index (χ4v) is 1.41. The zero-order valence-electron chi connectivity index (χ0n) is 8.40. The Bertz CT molecular complexity index is 321. The molecule has 0 fully saturated rings. The van der Waals surface area contributed by atoms with E-state index in [1.54, 1.807) is 0 Å². The van der Waals surface area contributed by atoms with Gasteiger partial charge < -0.3 is 5.32 Å². The lowest BCUT2D eigenvalue weighted by molar-refractivity contribution is -0.116. The fraction of sp³-hybridized carbons (Fsp3) is 0.364. The van der Waals surface area contributed by atoms with Crippen molar-refractivity contribution < 1.29 is 4.79 Å². The van der Waals surface area contributed by atoms with Crippen LogP contribution in [-0.4, -0.2) is 12.5 Å². The van der Waals surface area contributed by atoms with Gasteiger partial charge >= 0.3 is 0 Å². The Morgan fingerprint density at radius 3 is 2.62 bits per heavy atom. The van der Waals surface area contributed by atoms with Gasteiger partial charge in [-0.1, -0.05) is 18.2 Å². The van der Waals surface area contributed by atoms with E-state index in [-0.39, 0.29) is 5.91 Å². The van der Waals surface area contributed by atoms with Gasteiger partial charge in [0.25, 0.3) is 5.91 Å². The summed E-state index contributed by atoms with van der Waals surface area (Å²) in [6.07, 6.45) is 1.95. The standard InChI is InChI=1S/C11H15NO/c1-5-8(4)10-9(7(2)3)6-12-11(10)13/h5H,2,6H2,1,3-4H3,(H,12,13). The van der Waals surface area contributed by atoms with Crippen molar-refractivity contribution in [3.63, 3.8) is 0 Å². The highest BCUT2D eigenvalue weighted by atomic mass is 16.1. The van der Waals surface area contributed by atoms with Gasteiger partial charge in [-0.2, -0.15) is 0 Å². The molecule has 0 aromatic heterocycles. The summed E-state index contributed by atoms with van der Waals surface area (Å²) in [6.45, 7) is 10.3. The Morgan fingerprint density at radius 1 is 1.54 bits per heavy atom. The van der Waals surface area contributed by atoms with Gasteiger partial charge in [0.1, 0.15) is 0 Å². The Labute approximate surface area is 79.0 Å². The molecule has 2 heteroatoms. The van der Waals surface area contributed by atoms with Crippen LogP contribution in [0.5, 0.6) is 0 Å². The van der Waals surface area contributed by atoms with Crippen molar-refractivity contribution in [1.82, 2.24) is 5.32 Å². The molecule has 0 saturated heterocycles. The van der Waals surface area contributed by atoms with E-state index in [9.17, 15) is 4.79 Å². The van der Waals surface area contributed by atoms with Crippen LogP contribution in [0.1, 0.15) is 20.8 Å². The van der Waals surface area contributed by atoms with Crippen LogP contribution in [0, 0.1) is 0 Å². The number of carbonyl (C=O) groups excluding carboxylic acids is 1. The van der Waals surface area contributed by atoms with Crippen LogP contribution in [0.2, 0.25) is 0 Å². The van der Waals surface area contributed by atoms with Gasteiger partial charge in [0.15, 0.2) is 0 Å². The van der Waals surface area contributed by atoms with Crippen LogP contribution in [0.25, 0.3) is 0 Å². The molecule has 0 aliphatic carbocycles. The summed E-state index contributed by atoms with van der Waals surface area (Å²) in [5.41, 5.74) is 3.83. The fourth-order valence-electron chi connectivity index (χ4n) is 1.41. The van der Waals surface area contributed by atoms with Crippen LogP contribution < -0.4 is 5.32 Å². The Balaban J connectivity index is 3.19. The third-order valence-corrected chi connectivity index (χ3v) is 2.30. The van der Waals surface area contributed by atoms with E-state index in [2.05, 4.69) is 11.9 Å². The Kier molecular flexibility index (Phi) is 2.71. The first-order valence-electron chi connectivity index (χ1n) is 4.38. The largest absolute Gasteiger partial charge is 0.348 e. The van der Waals surface area contributed by atoms with E-state index in [4.69, 9.17) is 0 Å². The monoisotopic (exact) mass is 177 g/mol. The zero-order chi connectivity index (χ0) is 10.0. The van der Waals surface area contributed by atoms with Gasteiger partial charge in [-0.25, -0.2) is 0 Å². The molecule has 13 heavy (non-hydrogen) atoms. The normalized spacial score (nSPS) is 17.8. The lowest BCUT2D eigenvalue weighted by atomic mass is 9.99. The molecule has 1 amide bonds. The average molecular weight is 177 g/mol. The van der Waals surface area contributed by atoms with E-state index in [0.29, 0.717) is 6.54 Å². The van der Waals surface area contributed by atoms with Crippen molar-refractivity contribution in [1.29, 1.82) is 0 Å². The van der Waals surface area contributed by atoms with Crippen molar-refractivity contribution in [3.05, 3.63) is 34.9 Å². The molecule has 70 valence electrons. The number of hydrogen-bond acceptors (Lipinski definition) is 1. The predicted octanol–water partition coefficient (Wildman–Crippen LogP) is 1.96. The van der Waals surface area contributed by atoms with Gasteiger partial charge in [-0.15, -0.1) is 0 Å². The zero-order valence-corrected chi connectivity index (χ0v) is 8.40. The third kappa shape index (κ3) is 1.72. The summed E-state index contributed by atoms with van der Waals surface area (Å²) in [5, 5.41) is 2.80. The Morgan fingerprint density at radius 2 is 2.15 bits per heavy atom. The molecule has 0 atom stereocenters. The van der Waals surface area contributed by atoms with Gasteiger partial charge in [0.05, 0.1) is 0 Å². The maximum Gasteiger partial charge on any atom is 0.252 e. The van der Waals surface area contributed by atoms with Crippen LogP contribution in [0.3, 0.4) is 0 Å². The van der Waals surface area contributed by atoms with Crippen molar-refractivity contribution in [2.45, 2.75) is 20.8 Å². The predicted molar refractivity (Wildman–Crippen MR) is 54.3 cm³/mol. The van der Waals surface area contributed by atoms with Crippen LogP contribution in [-0.2, 0) is 4.79 Å². The first-order chi connectivity index (χ1) is 6.07. The second-order valence-electron chi connectivity index (χ2n) is 3.29. The van der Waals surface area contributed by atoms with Crippen LogP contribution in [0.15, 0.2) is 34.9 Å². The van der Waals surface area contributed by atoms with Gasteiger partial charge in [0.2, 0.25) is 0 Å². The molecular formula is C11H15NO. The minimum absolute atomic E-state index is 0.0219. The smallest absolute Gasteiger partial charge is 0.252 e. The molecule has 1 rings (SSSR count). The number of rotatable bonds is 2. The molecule has 0 saturated carbocycles. The molecule has 1 N–H and O–H groups in total. The maximum absolute atomic E-state index is 11.4. The van der Waals surface area contributed by atoms with Crippen molar-refractivity contribution in [2.75, 3.05) is 6.54 Å². The van der Waals surface area contributed by atoms with Gasteiger partial charge in [-0.05, 0) is 31.9 Å². The van der Waals surface area contributed by atoms with Gasteiger partial charge in [0, 0.05) is 12.1 Å². The van der Waals surface area contributed by atoms with E-state index in [1.807, 2.05) is 26.8 Å². The molecule has 0 aromatic rings. The lowest BCUT2D eigenvalue weighted by Gasteiger charge is -2.03. The first kappa shape index (κ1) is 9.78. The number of nitrogens with one attached hydrogen (secondary N) is 1. The number of amides is 1. The number of hydrogen-bond donors (Lipinski definition) is 1. The molecule has 1 aliphatic rings. The highest BCUT2D eigenvalue weighted by Crippen LogP contribution is 2.23. The minimum atomic E-state index is 0.0219. The Hall–Kier alpha value is -1.31. The average Bonchev–Trinajstić information content (AvgIpc) is 2.46. The highest BCUT2D eigenvalue weighted by Gasteiger charge is 2.23. The lowest BCUT2D eigenvalue weighted by Crippen LogP contribution is -2.17. The van der Waals surface area contributed by atoms with E-state index in [0.717, 1.165) is 22.3 Å². The molecule has 0 aromatic carbocycles. The van der Waals surface area contributed by atoms with E-state index >= 15 is 0 Å². The molecule has 0 unspecified atom stereocenters. The minimum Gasteiger partial charge on any atom is -0.348 e. The second-order valence-corrected chi connectivity index (χ2v) is 3.29. The quantitative estimate of drug-likeness (QED) is 0.686. The summed E-state index contributed by atoms with van der Waals surface area (Å²) in [7, 11) is 0. The van der Waals surface area contributed by atoms with E-state index < -0.39 is 0 Å². The van der Waals surface area contributed by atoms with Crippen LogP contribution >= 0.6 is 0 Å². The summed E-state index contributed by atoms with van der Waals surface area (Å²) in [6, 6.07) is 0. The van der Waals surface area contributed by atoms with E-state index in [1.165, 1.54) is 0 Å². The molecule has 0 bridgehead atoms. The summed E-state index contributed by atoms with van der Waals surface area (Å²) < 4.78 is 0. The third-order valence-electron chi connectivity index (χ3n) is 2.30. The summed E-state index contributed by atoms with van der Waals surface area (Å²) in [4.78, 5) is 11.4. The van der Waals surface area contributed by atoms with Crippen molar-refractivity contribution >= 4 is 5.91 Å². The topological polar surface area (TPSA) is 29.1 Å². The molecule has 2 nitrogen and oxygen atoms in total. The van der Waals surface area contributed by atoms with Gasteiger partial charge in [-0.3, -0.25) is 4.79 Å². The number of carbonyl (C=O) groups is 1. The van der Waals surface area contributed by atoms with Crippen molar-refractivity contribution in [2.24, 2.45) is 0 Å². The molecule has 1 heterocycles. The molecule has 0 spiro atoms. The second kappa shape index (κ2) is 3.60. The van der Waals surface area contributed by atoms with Crippen molar-refractivity contribution in [3.8, 4) is 0 Å². The SMILES string of the molecule is C=C(C)C1=C(C(C)=CC)C(=O)NC1. The first-order valence-corrected chi connectivity index (χ1v) is 4.38. The summed E-state index contributed by atoms with van der Waals surface area (Å²) in [5.74, 6) is 0.0219. The van der Waals surface area contributed by atoms with Crippen LogP contribution in [0.4, 0.5) is 0 Å². The summed E-state index contributed by atoms with van der Waals surface area (Å²) >= 11 is 0. The maximum atomic E-state index is 11.4.